The molecule has 2 atom stereocenters. The van der Waals surface area contributed by atoms with Gasteiger partial charge in [0, 0.05) is 49.4 Å². The Balaban J connectivity index is 1.07. The number of ether oxygens (including phenoxy) is 1. The fraction of sp³-hybridized carbons (Fsp3) is 0.346. The summed E-state index contributed by atoms with van der Waals surface area (Å²) in [7, 11) is 0. The highest BCUT2D eigenvalue weighted by molar-refractivity contribution is 5.76. The van der Waals surface area contributed by atoms with Gasteiger partial charge in [0.15, 0.2) is 0 Å². The fourth-order valence-electron chi connectivity index (χ4n) is 5.64. The predicted octanol–water partition coefficient (Wildman–Crippen LogP) is 3.57. The van der Waals surface area contributed by atoms with E-state index >= 15 is 0 Å². The van der Waals surface area contributed by atoms with Crippen molar-refractivity contribution in [1.82, 2.24) is 19.6 Å². The predicted molar refractivity (Wildman–Crippen MR) is 129 cm³/mol. The molecule has 2 aliphatic heterocycles. The van der Waals surface area contributed by atoms with Crippen molar-refractivity contribution in [3.63, 3.8) is 0 Å². The van der Waals surface area contributed by atoms with Gasteiger partial charge in [-0.2, -0.15) is 5.10 Å². The molecule has 0 radical (unpaired) electrons. The van der Waals surface area contributed by atoms with E-state index in [0.717, 1.165) is 12.0 Å². The van der Waals surface area contributed by atoms with Crippen LogP contribution in [0.1, 0.15) is 30.0 Å². The zero-order valence-corrected chi connectivity index (χ0v) is 19.5. The number of hydrogen-bond donors (Lipinski definition) is 0. The number of hydrogen-bond acceptors (Lipinski definition) is 6. The third-order valence-corrected chi connectivity index (χ3v) is 7.43. The number of nitrogens with zero attached hydrogens (tertiary/aromatic N) is 5. The summed E-state index contributed by atoms with van der Waals surface area (Å²) in [6.07, 6.45) is 3.53. The summed E-state index contributed by atoms with van der Waals surface area (Å²) in [5.74, 6) is -0.0279. The van der Waals surface area contributed by atoms with Gasteiger partial charge in [0.05, 0.1) is 16.7 Å². The molecule has 0 saturated carbocycles. The molecule has 10 nitrogen and oxygen atoms in total. The number of piperidine rings is 1. The number of likely N-dealkylation sites (tertiary alicyclic amines) is 1. The highest BCUT2D eigenvalue weighted by Gasteiger charge is 2.50. The van der Waals surface area contributed by atoms with Crippen LogP contribution in [0.5, 0.6) is 0 Å². The zero-order chi connectivity index (χ0) is 24.8. The first kappa shape index (κ1) is 22.3. The molecule has 6 rings (SSSR count). The van der Waals surface area contributed by atoms with E-state index in [0.29, 0.717) is 31.6 Å². The minimum absolute atomic E-state index is 0.0200. The van der Waals surface area contributed by atoms with E-state index in [2.05, 4.69) is 17.2 Å². The third-order valence-electron chi connectivity index (χ3n) is 7.43. The van der Waals surface area contributed by atoms with E-state index in [-0.39, 0.29) is 42.4 Å². The Kier molecular flexibility index (Phi) is 5.43. The van der Waals surface area contributed by atoms with Crippen molar-refractivity contribution in [2.45, 2.75) is 44.0 Å². The molecule has 2 amide bonds. The minimum Gasteiger partial charge on any atom is -0.443 e. The summed E-state index contributed by atoms with van der Waals surface area (Å²) in [6, 6.07) is 16.2. The molecule has 0 bridgehead atoms. The molecule has 10 heteroatoms. The van der Waals surface area contributed by atoms with Gasteiger partial charge in [0.1, 0.15) is 12.6 Å². The van der Waals surface area contributed by atoms with Crippen molar-refractivity contribution in [3.05, 3.63) is 82.0 Å². The van der Waals surface area contributed by atoms with Crippen LogP contribution < -0.4 is 0 Å². The molecule has 2 aromatic carbocycles. The number of benzene rings is 2. The van der Waals surface area contributed by atoms with Gasteiger partial charge in [-0.1, -0.05) is 24.3 Å². The van der Waals surface area contributed by atoms with Gasteiger partial charge in [-0.15, -0.1) is 0 Å². The minimum atomic E-state index is -0.443. The van der Waals surface area contributed by atoms with Gasteiger partial charge in [-0.25, -0.2) is 4.79 Å². The van der Waals surface area contributed by atoms with Gasteiger partial charge in [0.2, 0.25) is 5.91 Å². The van der Waals surface area contributed by atoms with Gasteiger partial charge in [-0.05, 0) is 42.2 Å². The first-order valence-corrected chi connectivity index (χ1v) is 12.1. The van der Waals surface area contributed by atoms with Gasteiger partial charge >= 0.3 is 6.09 Å². The van der Waals surface area contributed by atoms with Gasteiger partial charge in [0.25, 0.3) is 5.69 Å². The highest BCUT2D eigenvalue weighted by Crippen LogP contribution is 2.44. The molecular weight excluding hydrogens is 462 g/mol. The maximum atomic E-state index is 13.0. The summed E-state index contributed by atoms with van der Waals surface area (Å²) in [5, 5.41) is 15.3. The number of nitro benzene ring substituents is 1. The van der Waals surface area contributed by atoms with Crippen LogP contribution in [-0.4, -0.2) is 61.7 Å². The topological polar surface area (TPSA) is 111 Å². The summed E-state index contributed by atoms with van der Waals surface area (Å²) in [4.78, 5) is 39.8. The summed E-state index contributed by atoms with van der Waals surface area (Å²) in [5.41, 5.74) is 3.83. The van der Waals surface area contributed by atoms with E-state index in [1.165, 1.54) is 23.3 Å². The molecule has 2 saturated heterocycles. The van der Waals surface area contributed by atoms with Crippen molar-refractivity contribution in [2.24, 2.45) is 0 Å². The second kappa shape index (κ2) is 8.78. The fourth-order valence-corrected chi connectivity index (χ4v) is 5.64. The molecule has 36 heavy (non-hydrogen) atoms. The summed E-state index contributed by atoms with van der Waals surface area (Å²) >= 11 is 0. The van der Waals surface area contributed by atoms with E-state index < -0.39 is 4.92 Å². The first-order valence-electron chi connectivity index (χ1n) is 12.1. The Morgan fingerprint density at radius 1 is 1.08 bits per heavy atom. The molecule has 0 spiro atoms. The number of amides is 2. The average molecular weight is 488 g/mol. The Bertz CT molecular complexity index is 1330. The van der Waals surface area contributed by atoms with Crippen molar-refractivity contribution in [1.29, 1.82) is 0 Å². The van der Waals surface area contributed by atoms with Crippen LogP contribution in [0.25, 0.3) is 11.3 Å². The van der Waals surface area contributed by atoms with Crippen LogP contribution in [0.4, 0.5) is 10.5 Å². The van der Waals surface area contributed by atoms with Crippen LogP contribution in [-0.2, 0) is 22.5 Å². The molecule has 0 N–H and O–H groups in total. The molecule has 2 fully saturated rings. The summed E-state index contributed by atoms with van der Waals surface area (Å²) in [6.45, 7) is 1.26. The molecule has 3 aromatic rings. The number of carbonyl (C=O) groups excluding carboxylic acids is 2. The zero-order valence-electron chi connectivity index (χ0n) is 19.5. The molecule has 1 aliphatic carbocycles. The van der Waals surface area contributed by atoms with Crippen molar-refractivity contribution >= 4 is 17.7 Å². The van der Waals surface area contributed by atoms with Crippen LogP contribution in [0.2, 0.25) is 0 Å². The molecule has 2 unspecified atom stereocenters. The lowest BCUT2D eigenvalue weighted by molar-refractivity contribution is -0.384. The third kappa shape index (κ3) is 3.88. The lowest BCUT2D eigenvalue weighted by atomic mass is 9.99. The number of rotatable bonds is 5. The van der Waals surface area contributed by atoms with Crippen molar-refractivity contribution in [2.75, 3.05) is 13.1 Å². The Labute approximate surface area is 207 Å². The SMILES string of the molecule is O=C(Cn1ccc(-c2ccc([N+](=O)[O-])cc2)n1)N1CCC(N2C(=O)OC3Cc4ccccc4C32)CC1. The van der Waals surface area contributed by atoms with Crippen molar-refractivity contribution < 1.29 is 19.2 Å². The quantitative estimate of drug-likeness (QED) is 0.402. The largest absolute Gasteiger partial charge is 0.443 e. The number of carbonyl (C=O) groups is 2. The highest BCUT2D eigenvalue weighted by atomic mass is 16.6. The standard InChI is InChI=1S/C26H25N5O5/c32-24(16-29-14-11-22(27-29)17-5-7-20(8-6-17)31(34)35)28-12-9-19(10-13-28)30-25-21-4-2-1-3-18(21)15-23(25)36-26(30)33/h1-8,11,14,19,23,25H,9-10,12-13,15-16H2. The second-order valence-electron chi connectivity index (χ2n) is 9.49. The normalized spacial score (nSPS) is 21.3. The number of aromatic nitrogens is 2. The lowest BCUT2D eigenvalue weighted by Gasteiger charge is -2.38. The van der Waals surface area contributed by atoms with Crippen LogP contribution >= 0.6 is 0 Å². The van der Waals surface area contributed by atoms with Gasteiger partial charge in [-0.3, -0.25) is 24.5 Å². The van der Waals surface area contributed by atoms with E-state index in [1.807, 2.05) is 21.9 Å². The first-order chi connectivity index (χ1) is 17.5. The Morgan fingerprint density at radius 3 is 2.58 bits per heavy atom. The average Bonchev–Trinajstić information content (AvgIpc) is 3.57. The lowest BCUT2D eigenvalue weighted by Crippen LogP contribution is -2.48. The van der Waals surface area contributed by atoms with E-state index in [9.17, 15) is 19.7 Å². The summed E-state index contributed by atoms with van der Waals surface area (Å²) < 4.78 is 7.29. The van der Waals surface area contributed by atoms with Crippen LogP contribution in [0.3, 0.4) is 0 Å². The van der Waals surface area contributed by atoms with Crippen LogP contribution in [0, 0.1) is 10.1 Å². The van der Waals surface area contributed by atoms with Crippen molar-refractivity contribution in [3.8, 4) is 11.3 Å². The molecule has 184 valence electrons. The van der Waals surface area contributed by atoms with Crippen LogP contribution in [0.15, 0.2) is 60.8 Å². The maximum absolute atomic E-state index is 13.0. The number of non-ortho nitro benzene ring substituents is 1. The number of nitro groups is 1. The maximum Gasteiger partial charge on any atom is 0.411 e. The molecule has 1 aromatic heterocycles. The molecule has 3 aliphatic rings. The van der Waals surface area contributed by atoms with E-state index in [4.69, 9.17) is 4.74 Å². The second-order valence-corrected chi connectivity index (χ2v) is 9.49. The molecular formula is C26H25N5O5. The Morgan fingerprint density at radius 2 is 1.83 bits per heavy atom. The monoisotopic (exact) mass is 487 g/mol. The van der Waals surface area contributed by atoms with Gasteiger partial charge < -0.3 is 9.64 Å². The van der Waals surface area contributed by atoms with E-state index in [1.54, 1.807) is 29.1 Å². The smallest absolute Gasteiger partial charge is 0.411 e. The number of fused-ring (bicyclic) bond motifs is 3. The Hall–Kier alpha value is -4.21. The molecule has 3 heterocycles.